The van der Waals surface area contributed by atoms with E-state index in [0.717, 1.165) is 16.1 Å². The monoisotopic (exact) mass is 216 g/mol. The second-order valence-corrected chi connectivity index (χ2v) is 4.90. The van der Waals surface area contributed by atoms with Gasteiger partial charge in [-0.3, -0.25) is 9.59 Å². The fourth-order valence-corrected chi connectivity index (χ4v) is 3.26. The van der Waals surface area contributed by atoms with Crippen LogP contribution in [0.1, 0.15) is 6.42 Å². The molecule has 0 aromatic rings. The first-order chi connectivity index (χ1) is 7.24. The fraction of sp³-hybridized carbons (Fsp3) is 0.167. The molecule has 0 bridgehead atoms. The van der Waals surface area contributed by atoms with Crippen molar-refractivity contribution < 1.29 is 9.59 Å². The van der Waals surface area contributed by atoms with E-state index >= 15 is 0 Å². The Balaban J connectivity index is 2.07. The van der Waals surface area contributed by atoms with Gasteiger partial charge in [0, 0.05) is 11.3 Å². The molecule has 15 heavy (non-hydrogen) atoms. The molecular formula is C12H8O2S. The van der Waals surface area contributed by atoms with Crippen molar-refractivity contribution >= 4 is 23.3 Å². The van der Waals surface area contributed by atoms with Crippen LogP contribution in [0.15, 0.2) is 46.4 Å². The van der Waals surface area contributed by atoms with Crippen molar-refractivity contribution in [3.63, 3.8) is 0 Å². The normalized spacial score (nSPS) is 28.0. The average molecular weight is 216 g/mol. The summed E-state index contributed by atoms with van der Waals surface area (Å²) in [4.78, 5) is 23.7. The van der Waals surface area contributed by atoms with Gasteiger partial charge in [0.1, 0.15) is 0 Å². The van der Waals surface area contributed by atoms with Crippen LogP contribution in [0.25, 0.3) is 0 Å². The molecule has 0 aromatic carbocycles. The molecule has 0 saturated heterocycles. The summed E-state index contributed by atoms with van der Waals surface area (Å²) in [5.41, 5.74) is 2.08. The zero-order valence-electron chi connectivity index (χ0n) is 7.90. The Bertz CT molecular complexity index is 492. The minimum Gasteiger partial charge on any atom is -0.294 e. The van der Waals surface area contributed by atoms with Crippen LogP contribution in [-0.2, 0) is 9.59 Å². The lowest BCUT2D eigenvalue weighted by Gasteiger charge is -2.12. The summed E-state index contributed by atoms with van der Waals surface area (Å²) in [5, 5.41) is 0.239. The van der Waals surface area contributed by atoms with Gasteiger partial charge in [-0.2, -0.15) is 0 Å². The molecule has 3 rings (SSSR count). The molecule has 2 aliphatic carbocycles. The van der Waals surface area contributed by atoms with Crippen molar-refractivity contribution in [2.45, 2.75) is 11.7 Å². The molecule has 1 heterocycles. The number of rotatable bonds is 0. The van der Waals surface area contributed by atoms with Crippen molar-refractivity contribution in [3.05, 3.63) is 46.4 Å². The van der Waals surface area contributed by atoms with E-state index in [0.29, 0.717) is 6.42 Å². The van der Waals surface area contributed by atoms with E-state index in [9.17, 15) is 9.59 Å². The predicted molar refractivity (Wildman–Crippen MR) is 59.4 cm³/mol. The lowest BCUT2D eigenvalue weighted by atomic mass is 9.91. The minimum absolute atomic E-state index is 0.0256. The largest absolute Gasteiger partial charge is 0.294 e. The van der Waals surface area contributed by atoms with Gasteiger partial charge in [0.2, 0.25) is 0 Å². The van der Waals surface area contributed by atoms with E-state index in [1.807, 2.05) is 12.2 Å². The summed E-state index contributed by atoms with van der Waals surface area (Å²) in [6, 6.07) is 0. The van der Waals surface area contributed by atoms with Crippen LogP contribution >= 0.6 is 11.8 Å². The number of fused-ring (bicyclic) bond motifs is 2. The number of hydrogen-bond acceptors (Lipinski definition) is 3. The molecule has 3 aliphatic rings. The molecule has 3 heteroatoms. The van der Waals surface area contributed by atoms with E-state index in [4.69, 9.17) is 0 Å². The van der Waals surface area contributed by atoms with Crippen LogP contribution < -0.4 is 0 Å². The Hall–Kier alpha value is -1.35. The third-order valence-electron chi connectivity index (χ3n) is 2.71. The van der Waals surface area contributed by atoms with Crippen molar-refractivity contribution in [2.24, 2.45) is 0 Å². The van der Waals surface area contributed by atoms with Gasteiger partial charge in [-0.1, -0.05) is 6.08 Å². The number of carbonyl (C=O) groups is 2. The van der Waals surface area contributed by atoms with Gasteiger partial charge in [-0.25, -0.2) is 0 Å². The zero-order chi connectivity index (χ0) is 10.4. The lowest BCUT2D eigenvalue weighted by molar-refractivity contribution is -0.114. The van der Waals surface area contributed by atoms with E-state index in [1.54, 1.807) is 30.0 Å². The molecule has 1 aliphatic heterocycles. The van der Waals surface area contributed by atoms with Crippen molar-refractivity contribution in [3.8, 4) is 0 Å². The number of ketones is 2. The maximum atomic E-state index is 11.3. The third kappa shape index (κ3) is 1.35. The number of carbonyl (C=O) groups excluding carboxylic acids is 2. The fourth-order valence-electron chi connectivity index (χ4n) is 2.01. The summed E-state index contributed by atoms with van der Waals surface area (Å²) in [5.74, 6) is 0.149. The Kier molecular flexibility index (Phi) is 1.83. The van der Waals surface area contributed by atoms with Gasteiger partial charge in [-0.05, 0) is 35.5 Å². The topological polar surface area (TPSA) is 34.1 Å². The highest BCUT2D eigenvalue weighted by molar-refractivity contribution is 8.04. The minimum atomic E-state index is 0.0256. The average Bonchev–Trinajstić information content (AvgIpc) is 2.56. The van der Waals surface area contributed by atoms with Crippen LogP contribution in [0.5, 0.6) is 0 Å². The van der Waals surface area contributed by atoms with E-state index in [1.165, 1.54) is 0 Å². The summed E-state index contributed by atoms with van der Waals surface area (Å²) in [6.07, 6.45) is 9.11. The zero-order valence-corrected chi connectivity index (χ0v) is 8.71. The van der Waals surface area contributed by atoms with Gasteiger partial charge >= 0.3 is 0 Å². The molecule has 1 unspecified atom stereocenters. The highest BCUT2D eigenvalue weighted by atomic mass is 32.2. The highest BCUT2D eigenvalue weighted by Gasteiger charge is 2.32. The summed E-state index contributed by atoms with van der Waals surface area (Å²) in [7, 11) is 0. The molecule has 0 N–H and O–H groups in total. The van der Waals surface area contributed by atoms with Crippen molar-refractivity contribution in [2.75, 3.05) is 0 Å². The van der Waals surface area contributed by atoms with Gasteiger partial charge in [0.15, 0.2) is 11.6 Å². The molecule has 1 atom stereocenters. The first kappa shape index (κ1) is 8.92. The van der Waals surface area contributed by atoms with Gasteiger partial charge < -0.3 is 0 Å². The Morgan fingerprint density at radius 2 is 2.07 bits per heavy atom. The summed E-state index contributed by atoms with van der Waals surface area (Å²) < 4.78 is 0. The Morgan fingerprint density at radius 1 is 1.20 bits per heavy atom. The molecular weight excluding hydrogens is 208 g/mol. The smallest absolute Gasteiger partial charge is 0.178 e. The number of thioether (sulfide) groups is 1. The molecule has 2 nitrogen and oxygen atoms in total. The first-order valence-electron chi connectivity index (χ1n) is 4.79. The van der Waals surface area contributed by atoms with Gasteiger partial charge in [-0.15, -0.1) is 11.8 Å². The predicted octanol–water partition coefficient (Wildman–Crippen LogP) is 1.95. The van der Waals surface area contributed by atoms with Crippen LogP contribution in [-0.4, -0.2) is 16.8 Å². The van der Waals surface area contributed by atoms with Gasteiger partial charge in [0.25, 0.3) is 0 Å². The Morgan fingerprint density at radius 3 is 2.93 bits per heavy atom. The molecule has 0 fully saturated rings. The summed E-state index contributed by atoms with van der Waals surface area (Å²) in [6.45, 7) is 0. The number of hydrogen-bond donors (Lipinski definition) is 0. The lowest BCUT2D eigenvalue weighted by Crippen LogP contribution is -2.10. The molecule has 0 spiro atoms. The van der Waals surface area contributed by atoms with Crippen molar-refractivity contribution in [1.82, 2.24) is 0 Å². The highest BCUT2D eigenvalue weighted by Crippen LogP contribution is 2.46. The molecule has 0 saturated carbocycles. The molecule has 0 aromatic heterocycles. The van der Waals surface area contributed by atoms with E-state index in [2.05, 4.69) is 0 Å². The molecule has 74 valence electrons. The maximum Gasteiger partial charge on any atom is 0.178 e. The van der Waals surface area contributed by atoms with Crippen LogP contribution in [0.4, 0.5) is 0 Å². The maximum absolute atomic E-state index is 11.3. The molecule has 0 radical (unpaired) electrons. The van der Waals surface area contributed by atoms with Crippen LogP contribution in [0.3, 0.4) is 0 Å². The van der Waals surface area contributed by atoms with E-state index in [-0.39, 0.29) is 16.8 Å². The van der Waals surface area contributed by atoms with Crippen LogP contribution in [0.2, 0.25) is 0 Å². The number of allylic oxidation sites excluding steroid dienone is 5. The third-order valence-corrected chi connectivity index (χ3v) is 4.01. The van der Waals surface area contributed by atoms with Gasteiger partial charge in [0.05, 0.1) is 5.25 Å². The second-order valence-electron chi connectivity index (χ2n) is 3.72. The van der Waals surface area contributed by atoms with Crippen LogP contribution in [0, 0.1) is 0 Å². The SMILES string of the molecule is O=C1C=CC2SC3=C(CC(=O)C=C3)C2=C1. The second kappa shape index (κ2) is 3.07. The molecule has 0 amide bonds. The Labute approximate surface area is 91.4 Å². The quantitative estimate of drug-likeness (QED) is 0.620. The standard InChI is InChI=1S/C12H8O2S/c13-7-1-3-11-9(5-7)10-6-8(14)2-4-12(10)15-11/h1-5,11H,6H2. The van der Waals surface area contributed by atoms with E-state index < -0.39 is 0 Å². The van der Waals surface area contributed by atoms with Crippen molar-refractivity contribution in [1.29, 1.82) is 0 Å². The summed E-state index contributed by atoms with van der Waals surface area (Å²) >= 11 is 1.72. The first-order valence-corrected chi connectivity index (χ1v) is 5.67.